The lowest BCUT2D eigenvalue weighted by molar-refractivity contribution is -0.945. The number of aromatic nitrogens is 3. The van der Waals surface area contributed by atoms with Gasteiger partial charge in [0.15, 0.2) is 0 Å². The molecule has 6 nitrogen and oxygen atoms in total. The standard InChI is InChI=1S/C21H33N5O/c27-21(22-17-6-7-17)20-14-25-9-8-16(20)11-19(25)13-26-12-18(23-24-26)10-15-4-2-1-3-5-15/h12,15-17,19-20H,1-11,13-14H2,(H,22,27)/p+1/t16-,19-,20+/m1/s1. The second-order valence-corrected chi connectivity index (χ2v) is 9.62. The minimum Gasteiger partial charge on any atom is -0.353 e. The highest BCUT2D eigenvalue weighted by Crippen LogP contribution is 2.29. The van der Waals surface area contributed by atoms with Gasteiger partial charge in [-0.1, -0.05) is 37.3 Å². The van der Waals surface area contributed by atoms with E-state index in [1.807, 2.05) is 0 Å². The largest absolute Gasteiger partial charge is 0.353 e. The van der Waals surface area contributed by atoms with Crippen LogP contribution in [0, 0.1) is 17.8 Å². The van der Waals surface area contributed by atoms with Crippen LogP contribution in [0.2, 0.25) is 0 Å². The molecule has 148 valence electrons. The van der Waals surface area contributed by atoms with E-state index in [1.165, 1.54) is 63.6 Å². The van der Waals surface area contributed by atoms with Crippen molar-refractivity contribution in [2.24, 2.45) is 17.8 Å². The van der Waals surface area contributed by atoms with Gasteiger partial charge >= 0.3 is 0 Å². The molecule has 3 aliphatic heterocycles. The third-order valence-corrected chi connectivity index (χ3v) is 7.53. The van der Waals surface area contributed by atoms with Gasteiger partial charge < -0.3 is 10.2 Å². The maximum Gasteiger partial charge on any atom is 0.229 e. The molecular weight excluding hydrogens is 338 g/mol. The summed E-state index contributed by atoms with van der Waals surface area (Å²) in [6, 6.07) is 1.08. The first kappa shape index (κ1) is 17.7. The molecule has 0 spiro atoms. The zero-order valence-corrected chi connectivity index (χ0v) is 16.4. The average Bonchev–Trinajstić information content (AvgIpc) is 3.41. The fourth-order valence-electron chi connectivity index (χ4n) is 5.79. The number of carbonyl (C=O) groups is 1. The van der Waals surface area contributed by atoms with Gasteiger partial charge in [0.1, 0.15) is 6.04 Å². The summed E-state index contributed by atoms with van der Waals surface area (Å²) in [4.78, 5) is 14.2. The highest BCUT2D eigenvalue weighted by Gasteiger charge is 2.47. The van der Waals surface area contributed by atoms with Crippen LogP contribution in [0.5, 0.6) is 0 Å². The number of hydrogen-bond acceptors (Lipinski definition) is 3. The number of piperidine rings is 3. The minimum atomic E-state index is 0.239. The number of hydrogen-bond donors (Lipinski definition) is 2. The average molecular weight is 373 g/mol. The minimum absolute atomic E-state index is 0.239. The molecule has 5 fully saturated rings. The van der Waals surface area contributed by atoms with E-state index in [0.29, 0.717) is 23.9 Å². The first-order chi connectivity index (χ1) is 13.2. The number of rotatable bonds is 6. The number of amides is 1. The molecule has 6 rings (SSSR count). The molecule has 2 N–H and O–H groups in total. The van der Waals surface area contributed by atoms with Crippen LogP contribution in [0.3, 0.4) is 0 Å². The van der Waals surface area contributed by atoms with Crippen LogP contribution >= 0.6 is 0 Å². The highest BCUT2D eigenvalue weighted by atomic mass is 16.2. The smallest absolute Gasteiger partial charge is 0.229 e. The van der Waals surface area contributed by atoms with Crippen LogP contribution in [-0.4, -0.2) is 46.1 Å². The number of carbonyl (C=O) groups excluding carboxylic acids is 1. The lowest BCUT2D eigenvalue weighted by Crippen LogP contribution is -3.20. The molecular formula is C21H34N5O+. The van der Waals surface area contributed by atoms with Crippen LogP contribution in [0.25, 0.3) is 0 Å². The van der Waals surface area contributed by atoms with Crippen LogP contribution in [0.1, 0.15) is 63.5 Å². The van der Waals surface area contributed by atoms with Gasteiger partial charge in [0.05, 0.1) is 31.2 Å². The van der Waals surface area contributed by atoms with E-state index in [0.717, 1.165) is 31.8 Å². The predicted molar refractivity (Wildman–Crippen MR) is 102 cm³/mol. The Bertz CT molecular complexity index is 663. The second kappa shape index (κ2) is 7.53. The molecule has 0 radical (unpaired) electrons. The monoisotopic (exact) mass is 372 g/mol. The van der Waals surface area contributed by atoms with Gasteiger partial charge in [0.25, 0.3) is 0 Å². The van der Waals surface area contributed by atoms with Crippen LogP contribution in [-0.2, 0) is 17.8 Å². The first-order valence-electron chi connectivity index (χ1n) is 11.3. The summed E-state index contributed by atoms with van der Waals surface area (Å²) in [5.41, 5.74) is 1.18. The van der Waals surface area contributed by atoms with Gasteiger partial charge in [0, 0.05) is 25.1 Å². The van der Waals surface area contributed by atoms with Gasteiger partial charge in [0.2, 0.25) is 5.91 Å². The lowest BCUT2D eigenvalue weighted by atomic mass is 9.75. The summed E-state index contributed by atoms with van der Waals surface area (Å²) < 4.78 is 2.08. The van der Waals surface area contributed by atoms with Crippen molar-refractivity contribution in [2.45, 2.75) is 82.8 Å². The summed E-state index contributed by atoms with van der Waals surface area (Å²) >= 11 is 0. The van der Waals surface area contributed by atoms with E-state index >= 15 is 0 Å². The summed E-state index contributed by atoms with van der Waals surface area (Å²) in [6.45, 7) is 3.18. The highest BCUT2D eigenvalue weighted by molar-refractivity contribution is 5.79. The molecule has 1 aromatic rings. The molecule has 6 heteroatoms. The van der Waals surface area contributed by atoms with E-state index in [1.54, 1.807) is 4.90 Å². The summed E-state index contributed by atoms with van der Waals surface area (Å²) in [5, 5.41) is 12.1. The Balaban J connectivity index is 1.16. The van der Waals surface area contributed by atoms with Crippen molar-refractivity contribution in [1.29, 1.82) is 0 Å². The Labute approximate surface area is 162 Å². The fourth-order valence-corrected chi connectivity index (χ4v) is 5.79. The van der Waals surface area contributed by atoms with Gasteiger partial charge in [-0.2, -0.15) is 0 Å². The van der Waals surface area contributed by atoms with E-state index in [9.17, 15) is 4.79 Å². The summed E-state index contributed by atoms with van der Waals surface area (Å²) in [5.74, 6) is 1.95. The number of nitrogens with zero attached hydrogens (tertiary/aromatic N) is 3. The van der Waals surface area contributed by atoms with Gasteiger partial charge in [-0.3, -0.25) is 4.79 Å². The maximum atomic E-state index is 12.5. The Hall–Kier alpha value is -1.43. The van der Waals surface area contributed by atoms with E-state index in [4.69, 9.17) is 0 Å². The van der Waals surface area contributed by atoms with Crippen molar-refractivity contribution in [3.8, 4) is 0 Å². The van der Waals surface area contributed by atoms with E-state index in [-0.39, 0.29) is 5.92 Å². The van der Waals surface area contributed by atoms with Crippen LogP contribution in [0.15, 0.2) is 6.20 Å². The third-order valence-electron chi connectivity index (χ3n) is 7.53. The van der Waals surface area contributed by atoms with Gasteiger partial charge in [-0.05, 0) is 31.1 Å². The van der Waals surface area contributed by atoms with Gasteiger partial charge in [-0.25, -0.2) is 4.68 Å². The van der Waals surface area contributed by atoms with Gasteiger partial charge in [-0.15, -0.1) is 5.10 Å². The molecule has 4 atom stereocenters. The van der Waals surface area contributed by atoms with Crippen molar-refractivity contribution in [3.05, 3.63) is 11.9 Å². The molecule has 2 aliphatic carbocycles. The summed E-state index contributed by atoms with van der Waals surface area (Å²) in [7, 11) is 0. The van der Waals surface area contributed by atoms with E-state index < -0.39 is 0 Å². The summed E-state index contributed by atoms with van der Waals surface area (Å²) in [6.07, 6.45) is 14.9. The molecule has 27 heavy (non-hydrogen) atoms. The molecule has 5 aliphatic rings. The maximum absolute atomic E-state index is 12.5. The predicted octanol–water partition coefficient (Wildman–Crippen LogP) is 0.973. The van der Waals surface area contributed by atoms with Crippen molar-refractivity contribution >= 4 is 5.91 Å². The number of quaternary nitrogens is 1. The quantitative estimate of drug-likeness (QED) is 0.782. The fraction of sp³-hybridized carbons (Fsp3) is 0.857. The first-order valence-corrected chi connectivity index (χ1v) is 11.3. The van der Waals surface area contributed by atoms with Crippen LogP contribution < -0.4 is 10.2 Å². The molecule has 2 saturated carbocycles. The zero-order valence-electron chi connectivity index (χ0n) is 16.4. The van der Waals surface area contributed by atoms with E-state index in [2.05, 4.69) is 26.5 Å². The van der Waals surface area contributed by atoms with Crippen molar-refractivity contribution < 1.29 is 9.69 Å². The van der Waals surface area contributed by atoms with Crippen LogP contribution in [0.4, 0.5) is 0 Å². The molecule has 1 amide bonds. The topological polar surface area (TPSA) is 64.2 Å². The molecule has 4 heterocycles. The second-order valence-electron chi connectivity index (χ2n) is 9.62. The molecule has 3 saturated heterocycles. The number of nitrogens with one attached hydrogen (secondary N) is 2. The molecule has 0 aromatic carbocycles. The SMILES string of the molecule is O=C(NC1CC1)[C@H]1C[NH+]2CC[C@@H]1C[C@@H]2Cn1cc(CC2CCCCC2)nn1. The Kier molecular flexibility index (Phi) is 4.92. The molecule has 1 unspecified atom stereocenters. The zero-order chi connectivity index (χ0) is 18.2. The molecule has 2 bridgehead atoms. The third kappa shape index (κ3) is 4.05. The van der Waals surface area contributed by atoms with Crippen molar-refractivity contribution in [2.75, 3.05) is 13.1 Å². The van der Waals surface area contributed by atoms with Crippen molar-refractivity contribution in [1.82, 2.24) is 20.3 Å². The lowest BCUT2D eigenvalue weighted by Gasteiger charge is -2.46. The molecule has 1 aromatic heterocycles. The Morgan fingerprint density at radius 1 is 1.19 bits per heavy atom. The Morgan fingerprint density at radius 2 is 2.04 bits per heavy atom. The van der Waals surface area contributed by atoms with Crippen molar-refractivity contribution in [3.63, 3.8) is 0 Å². The Morgan fingerprint density at radius 3 is 2.78 bits per heavy atom. The number of fused-ring (bicyclic) bond motifs is 3. The normalized spacial score (nSPS) is 33.9.